The molecule has 0 fully saturated rings. The molecule has 26 heavy (non-hydrogen) atoms. The second kappa shape index (κ2) is 6.04. The molecule has 2 aromatic heterocycles. The fourth-order valence-electron chi connectivity index (χ4n) is 2.64. The molecule has 8 nitrogen and oxygen atoms in total. The lowest BCUT2D eigenvalue weighted by molar-refractivity contribution is 0.520. The molecule has 4 rings (SSSR count). The Labute approximate surface area is 150 Å². The van der Waals surface area contributed by atoms with Crippen molar-refractivity contribution < 1.29 is 8.42 Å². The van der Waals surface area contributed by atoms with Crippen LogP contribution in [0.15, 0.2) is 59.6 Å². The van der Waals surface area contributed by atoms with Crippen molar-refractivity contribution in [2.75, 3.05) is 14.1 Å². The third-order valence-corrected chi connectivity index (χ3v) is 5.92. The Morgan fingerprint density at radius 2 is 1.77 bits per heavy atom. The van der Waals surface area contributed by atoms with E-state index >= 15 is 0 Å². The van der Waals surface area contributed by atoms with Gasteiger partial charge in [-0.3, -0.25) is 5.10 Å². The Kier molecular flexibility index (Phi) is 3.82. The summed E-state index contributed by atoms with van der Waals surface area (Å²) in [5, 5.41) is 16.6. The average molecular weight is 368 g/mol. The molecular formula is C17H16N6O2S. The number of hydrogen-bond acceptors (Lipinski definition) is 5. The number of rotatable bonds is 4. The minimum absolute atomic E-state index is 0.227. The highest BCUT2D eigenvalue weighted by molar-refractivity contribution is 7.89. The van der Waals surface area contributed by atoms with E-state index in [0.717, 1.165) is 16.6 Å². The zero-order chi connectivity index (χ0) is 18.3. The van der Waals surface area contributed by atoms with Crippen LogP contribution in [-0.4, -0.2) is 52.0 Å². The van der Waals surface area contributed by atoms with E-state index in [1.54, 1.807) is 35.1 Å². The summed E-state index contributed by atoms with van der Waals surface area (Å²) in [5.41, 5.74) is 2.99. The molecule has 0 aliphatic heterocycles. The van der Waals surface area contributed by atoms with Crippen LogP contribution >= 0.6 is 0 Å². The van der Waals surface area contributed by atoms with Crippen LogP contribution < -0.4 is 0 Å². The summed E-state index contributed by atoms with van der Waals surface area (Å²) in [6, 6.07) is 14.3. The van der Waals surface area contributed by atoms with Gasteiger partial charge in [-0.15, -0.1) is 5.10 Å². The third kappa shape index (κ3) is 2.67. The largest absolute Gasteiger partial charge is 0.277 e. The molecule has 0 saturated heterocycles. The summed E-state index contributed by atoms with van der Waals surface area (Å²) in [7, 11) is -0.454. The number of sulfonamides is 1. The summed E-state index contributed by atoms with van der Waals surface area (Å²) >= 11 is 0. The number of aromatic amines is 1. The molecule has 0 aliphatic rings. The average Bonchev–Trinajstić information content (AvgIpc) is 3.28. The number of nitrogens with zero attached hydrogens (tertiary/aromatic N) is 5. The van der Waals surface area contributed by atoms with E-state index in [4.69, 9.17) is 0 Å². The molecule has 0 saturated carbocycles. The van der Waals surface area contributed by atoms with Crippen molar-refractivity contribution in [2.45, 2.75) is 4.90 Å². The first-order valence-corrected chi connectivity index (χ1v) is 9.29. The van der Waals surface area contributed by atoms with Crippen LogP contribution in [0.1, 0.15) is 0 Å². The number of para-hydroxylation sites is 1. The monoisotopic (exact) mass is 368 g/mol. The van der Waals surface area contributed by atoms with Gasteiger partial charge in [-0.1, -0.05) is 23.4 Å². The minimum atomic E-state index is -3.46. The zero-order valence-electron chi connectivity index (χ0n) is 14.2. The number of aromatic nitrogens is 5. The maximum atomic E-state index is 12.1. The summed E-state index contributed by atoms with van der Waals surface area (Å²) in [4.78, 5) is 0.227. The number of hydrogen-bond donors (Lipinski definition) is 1. The molecule has 0 aliphatic carbocycles. The van der Waals surface area contributed by atoms with Gasteiger partial charge in [0.05, 0.1) is 22.3 Å². The van der Waals surface area contributed by atoms with Crippen molar-refractivity contribution in [3.8, 4) is 17.1 Å². The molecule has 2 aromatic carbocycles. The van der Waals surface area contributed by atoms with E-state index in [2.05, 4.69) is 20.5 Å². The van der Waals surface area contributed by atoms with Gasteiger partial charge < -0.3 is 0 Å². The fourth-order valence-corrected chi connectivity index (χ4v) is 3.54. The molecule has 0 amide bonds. The van der Waals surface area contributed by atoms with Crippen LogP contribution in [0.25, 0.3) is 28.0 Å². The Bertz CT molecular complexity index is 1180. The highest BCUT2D eigenvalue weighted by Gasteiger charge is 2.17. The summed E-state index contributed by atoms with van der Waals surface area (Å²) in [6.07, 6.45) is 1.76. The van der Waals surface area contributed by atoms with Crippen molar-refractivity contribution in [1.82, 2.24) is 29.5 Å². The minimum Gasteiger partial charge on any atom is -0.277 e. The van der Waals surface area contributed by atoms with Gasteiger partial charge >= 0.3 is 0 Å². The number of nitrogens with one attached hydrogen (secondary N) is 1. The van der Waals surface area contributed by atoms with Gasteiger partial charge in [0, 0.05) is 19.5 Å². The third-order valence-electron chi connectivity index (χ3n) is 4.09. The van der Waals surface area contributed by atoms with E-state index in [0.29, 0.717) is 11.4 Å². The van der Waals surface area contributed by atoms with Crippen LogP contribution in [0.5, 0.6) is 0 Å². The Morgan fingerprint density at radius 1 is 1.04 bits per heavy atom. The predicted molar refractivity (Wildman–Crippen MR) is 97.3 cm³/mol. The van der Waals surface area contributed by atoms with E-state index in [1.165, 1.54) is 18.4 Å². The van der Waals surface area contributed by atoms with Crippen molar-refractivity contribution in [1.29, 1.82) is 0 Å². The van der Waals surface area contributed by atoms with Crippen molar-refractivity contribution in [3.05, 3.63) is 54.7 Å². The maximum absolute atomic E-state index is 12.1. The molecule has 0 atom stereocenters. The van der Waals surface area contributed by atoms with Gasteiger partial charge in [-0.25, -0.2) is 17.4 Å². The first-order chi connectivity index (χ1) is 12.5. The molecule has 0 radical (unpaired) electrons. The van der Waals surface area contributed by atoms with Gasteiger partial charge in [-0.2, -0.15) is 5.10 Å². The standard InChI is InChI=1S/C17H16N6O2S/c1-22(2)26(24,25)13-9-7-12(8-10-13)23-11-16(19-21-23)17-14-5-3-4-6-15(14)18-20-17/h3-11H,1-2H3,(H,18,20). The first-order valence-electron chi connectivity index (χ1n) is 7.85. The first kappa shape index (κ1) is 16.4. The summed E-state index contributed by atoms with van der Waals surface area (Å²) < 4.78 is 27.1. The van der Waals surface area contributed by atoms with Gasteiger partial charge in [0.25, 0.3) is 0 Å². The Morgan fingerprint density at radius 3 is 2.50 bits per heavy atom. The van der Waals surface area contributed by atoms with E-state index < -0.39 is 10.0 Å². The van der Waals surface area contributed by atoms with Crippen molar-refractivity contribution in [3.63, 3.8) is 0 Å². The number of benzene rings is 2. The fraction of sp³-hybridized carbons (Fsp3) is 0.118. The quantitative estimate of drug-likeness (QED) is 0.595. The summed E-state index contributed by atoms with van der Waals surface area (Å²) in [6.45, 7) is 0. The van der Waals surface area contributed by atoms with E-state index in [1.807, 2.05) is 24.3 Å². The second-order valence-electron chi connectivity index (χ2n) is 5.95. The van der Waals surface area contributed by atoms with Crippen LogP contribution in [0, 0.1) is 0 Å². The van der Waals surface area contributed by atoms with E-state index in [-0.39, 0.29) is 4.90 Å². The Balaban J connectivity index is 1.68. The molecule has 0 bridgehead atoms. The van der Waals surface area contributed by atoms with Gasteiger partial charge in [0.1, 0.15) is 11.4 Å². The van der Waals surface area contributed by atoms with Gasteiger partial charge in [0.15, 0.2) is 0 Å². The molecule has 2 heterocycles. The van der Waals surface area contributed by atoms with Crippen molar-refractivity contribution in [2.24, 2.45) is 0 Å². The van der Waals surface area contributed by atoms with Crippen LogP contribution in [0.3, 0.4) is 0 Å². The molecule has 132 valence electrons. The zero-order valence-corrected chi connectivity index (χ0v) is 15.0. The highest BCUT2D eigenvalue weighted by Crippen LogP contribution is 2.25. The predicted octanol–water partition coefficient (Wildman–Crippen LogP) is 2.06. The lowest BCUT2D eigenvalue weighted by Crippen LogP contribution is -2.22. The maximum Gasteiger partial charge on any atom is 0.242 e. The molecular weight excluding hydrogens is 352 g/mol. The Hall–Kier alpha value is -3.04. The molecule has 9 heteroatoms. The van der Waals surface area contributed by atoms with Gasteiger partial charge in [0.2, 0.25) is 10.0 Å². The van der Waals surface area contributed by atoms with E-state index in [9.17, 15) is 8.42 Å². The smallest absolute Gasteiger partial charge is 0.242 e. The summed E-state index contributed by atoms with van der Waals surface area (Å²) in [5.74, 6) is 0. The van der Waals surface area contributed by atoms with Gasteiger partial charge in [-0.05, 0) is 30.3 Å². The molecule has 4 aromatic rings. The molecule has 1 N–H and O–H groups in total. The SMILES string of the molecule is CN(C)S(=O)(=O)c1ccc(-n2cc(-c3n[nH]c4ccccc34)nn2)cc1. The van der Waals surface area contributed by atoms with Crippen LogP contribution in [-0.2, 0) is 10.0 Å². The number of fused-ring (bicyclic) bond motifs is 1. The topological polar surface area (TPSA) is 96.8 Å². The van der Waals surface area contributed by atoms with Crippen LogP contribution in [0.2, 0.25) is 0 Å². The normalized spacial score (nSPS) is 12.1. The molecule has 0 spiro atoms. The van der Waals surface area contributed by atoms with Crippen LogP contribution in [0.4, 0.5) is 0 Å². The lowest BCUT2D eigenvalue weighted by Gasteiger charge is -2.11. The highest BCUT2D eigenvalue weighted by atomic mass is 32.2. The molecule has 0 unspecified atom stereocenters. The lowest BCUT2D eigenvalue weighted by atomic mass is 10.2. The van der Waals surface area contributed by atoms with Crippen molar-refractivity contribution >= 4 is 20.9 Å². The second-order valence-corrected chi connectivity index (χ2v) is 8.10. The number of H-pyrrole nitrogens is 1.